The lowest BCUT2D eigenvalue weighted by atomic mass is 10.00. The highest BCUT2D eigenvalue weighted by Crippen LogP contribution is 2.16. The Kier molecular flexibility index (Phi) is 7.05. The molecule has 0 atom stereocenters. The summed E-state index contributed by atoms with van der Waals surface area (Å²) in [6.07, 6.45) is 6.17. The van der Waals surface area contributed by atoms with E-state index in [2.05, 4.69) is 43.8 Å². The van der Waals surface area contributed by atoms with E-state index >= 15 is 0 Å². The monoisotopic (exact) mass is 359 g/mol. The van der Waals surface area contributed by atoms with Crippen LogP contribution in [0.5, 0.6) is 0 Å². The second-order valence-electron chi connectivity index (χ2n) is 7.28. The minimum absolute atomic E-state index is 0.846. The second kappa shape index (κ2) is 9.71. The average molecular weight is 360 g/mol. The third-order valence-electron chi connectivity index (χ3n) is 5.30. The van der Waals surface area contributed by atoms with Crippen molar-refractivity contribution in [3.8, 4) is 0 Å². The summed E-state index contributed by atoms with van der Waals surface area (Å²) in [7, 11) is 0. The van der Waals surface area contributed by atoms with Gasteiger partial charge in [-0.3, -0.25) is 9.89 Å². The van der Waals surface area contributed by atoms with Gasteiger partial charge in [-0.05, 0) is 31.7 Å². The molecule has 3 heterocycles. The van der Waals surface area contributed by atoms with Crippen LogP contribution in [0.25, 0.3) is 0 Å². The van der Waals surface area contributed by atoms with E-state index in [0.717, 1.165) is 76.7 Å². The zero-order chi connectivity index (χ0) is 18.2. The fraction of sp³-hybridized carbons (Fsp3) is 0.737. The van der Waals surface area contributed by atoms with Gasteiger partial charge in [-0.25, -0.2) is 9.97 Å². The van der Waals surface area contributed by atoms with Gasteiger partial charge in [-0.2, -0.15) is 0 Å². The van der Waals surface area contributed by atoms with Gasteiger partial charge in [0.15, 0.2) is 5.96 Å². The van der Waals surface area contributed by atoms with Crippen molar-refractivity contribution in [1.82, 2.24) is 25.1 Å². The van der Waals surface area contributed by atoms with Gasteiger partial charge in [-0.15, -0.1) is 0 Å². The molecule has 2 fully saturated rings. The van der Waals surface area contributed by atoms with Gasteiger partial charge in [0.2, 0.25) is 5.95 Å². The lowest BCUT2D eigenvalue weighted by molar-refractivity contribution is 0.259. The minimum Gasteiger partial charge on any atom is -0.357 e. The third-order valence-corrected chi connectivity index (χ3v) is 5.30. The number of hydrogen-bond donors (Lipinski definition) is 1. The Morgan fingerprint density at radius 3 is 2.46 bits per heavy atom. The molecule has 7 nitrogen and oxygen atoms in total. The molecule has 1 aromatic heterocycles. The normalized spacial score (nSPS) is 20.5. The maximum Gasteiger partial charge on any atom is 0.225 e. The Bertz CT molecular complexity index is 546. The number of anilines is 1. The number of piperazine rings is 1. The van der Waals surface area contributed by atoms with E-state index in [9.17, 15) is 0 Å². The summed E-state index contributed by atoms with van der Waals surface area (Å²) in [4.78, 5) is 20.8. The lowest BCUT2D eigenvalue weighted by Gasteiger charge is -2.35. The van der Waals surface area contributed by atoms with Crippen LogP contribution in [0.1, 0.15) is 26.7 Å². The maximum atomic E-state index is 4.88. The molecule has 0 aliphatic carbocycles. The van der Waals surface area contributed by atoms with Gasteiger partial charge in [-0.1, -0.05) is 6.92 Å². The van der Waals surface area contributed by atoms with Crippen LogP contribution in [0.3, 0.4) is 0 Å². The summed E-state index contributed by atoms with van der Waals surface area (Å²) in [6.45, 7) is 13.6. The molecule has 1 N–H and O–H groups in total. The van der Waals surface area contributed by atoms with E-state index in [1.54, 1.807) is 0 Å². The Labute approximate surface area is 157 Å². The number of rotatable bonds is 5. The van der Waals surface area contributed by atoms with Crippen LogP contribution >= 0.6 is 0 Å². The second-order valence-corrected chi connectivity index (χ2v) is 7.28. The molecule has 144 valence electrons. The predicted octanol–water partition coefficient (Wildman–Crippen LogP) is 1.30. The molecule has 26 heavy (non-hydrogen) atoms. The summed E-state index contributed by atoms with van der Waals surface area (Å²) in [5.74, 6) is 2.79. The first-order valence-electron chi connectivity index (χ1n) is 10.0. The van der Waals surface area contributed by atoms with E-state index in [1.165, 1.54) is 12.8 Å². The van der Waals surface area contributed by atoms with Crippen LogP contribution in [0.4, 0.5) is 5.95 Å². The third kappa shape index (κ3) is 5.30. The quantitative estimate of drug-likeness (QED) is 0.632. The molecular weight excluding hydrogens is 326 g/mol. The smallest absolute Gasteiger partial charge is 0.225 e. The van der Waals surface area contributed by atoms with Gasteiger partial charge in [0.1, 0.15) is 0 Å². The van der Waals surface area contributed by atoms with Gasteiger partial charge in [0.05, 0.1) is 6.54 Å². The Balaban J connectivity index is 1.43. The minimum atomic E-state index is 0.846. The molecule has 0 amide bonds. The highest BCUT2D eigenvalue weighted by molar-refractivity contribution is 5.80. The molecule has 0 aromatic carbocycles. The molecule has 0 unspecified atom stereocenters. The highest BCUT2D eigenvalue weighted by atomic mass is 15.3. The molecule has 2 aliphatic rings. The zero-order valence-electron chi connectivity index (χ0n) is 16.3. The van der Waals surface area contributed by atoms with Crippen molar-refractivity contribution in [2.45, 2.75) is 26.7 Å². The molecule has 0 bridgehead atoms. The lowest BCUT2D eigenvalue weighted by Crippen LogP contribution is -2.48. The number of nitrogens with one attached hydrogen (secondary N) is 1. The molecule has 2 saturated heterocycles. The first-order valence-corrected chi connectivity index (χ1v) is 10.0. The molecule has 0 saturated carbocycles. The van der Waals surface area contributed by atoms with Gasteiger partial charge >= 0.3 is 0 Å². The number of aliphatic imine (C=N–C) groups is 1. The maximum absolute atomic E-state index is 4.88. The fourth-order valence-electron chi connectivity index (χ4n) is 3.57. The van der Waals surface area contributed by atoms with E-state index in [-0.39, 0.29) is 0 Å². The average Bonchev–Trinajstić information content (AvgIpc) is 2.69. The number of nitrogens with zero attached hydrogens (tertiary/aromatic N) is 6. The molecule has 1 aromatic rings. The van der Waals surface area contributed by atoms with Crippen molar-refractivity contribution in [2.24, 2.45) is 10.9 Å². The van der Waals surface area contributed by atoms with Crippen LogP contribution in [0, 0.1) is 5.92 Å². The van der Waals surface area contributed by atoms with Gasteiger partial charge < -0.3 is 15.1 Å². The van der Waals surface area contributed by atoms with Crippen LogP contribution in [0.2, 0.25) is 0 Å². The highest BCUT2D eigenvalue weighted by Gasteiger charge is 2.20. The zero-order valence-corrected chi connectivity index (χ0v) is 16.3. The molecule has 7 heteroatoms. The molecule has 0 spiro atoms. The number of aromatic nitrogens is 2. The summed E-state index contributed by atoms with van der Waals surface area (Å²) in [5.41, 5.74) is 0. The van der Waals surface area contributed by atoms with E-state index in [1.807, 2.05) is 18.5 Å². The number of guanidine groups is 1. The van der Waals surface area contributed by atoms with Gasteiger partial charge in [0.25, 0.3) is 0 Å². The van der Waals surface area contributed by atoms with E-state index in [0.29, 0.717) is 0 Å². The van der Waals surface area contributed by atoms with Crippen molar-refractivity contribution in [3.05, 3.63) is 18.5 Å². The van der Waals surface area contributed by atoms with Crippen LogP contribution < -0.4 is 10.2 Å². The Morgan fingerprint density at radius 1 is 1.12 bits per heavy atom. The largest absolute Gasteiger partial charge is 0.357 e. The van der Waals surface area contributed by atoms with E-state index in [4.69, 9.17) is 4.99 Å². The molecular formula is C19H33N7. The van der Waals surface area contributed by atoms with Crippen molar-refractivity contribution in [1.29, 1.82) is 0 Å². The molecule has 0 radical (unpaired) electrons. The van der Waals surface area contributed by atoms with Crippen molar-refractivity contribution >= 4 is 11.9 Å². The summed E-state index contributed by atoms with van der Waals surface area (Å²) in [5, 5.41) is 3.47. The number of piperidine rings is 1. The summed E-state index contributed by atoms with van der Waals surface area (Å²) in [6, 6.07) is 1.86. The van der Waals surface area contributed by atoms with Crippen LogP contribution in [-0.2, 0) is 0 Å². The van der Waals surface area contributed by atoms with Crippen LogP contribution in [-0.4, -0.2) is 84.6 Å². The van der Waals surface area contributed by atoms with Crippen molar-refractivity contribution < 1.29 is 0 Å². The summed E-state index contributed by atoms with van der Waals surface area (Å²) >= 11 is 0. The first kappa shape index (κ1) is 18.9. The van der Waals surface area contributed by atoms with E-state index < -0.39 is 0 Å². The molecule has 2 aliphatic heterocycles. The fourth-order valence-corrected chi connectivity index (χ4v) is 3.57. The standard InChI is InChI=1S/C19H33N7/c1-3-20-18(25-10-5-17(2)6-11-25)23-9-12-24-13-15-26(16-14-24)19-21-7-4-8-22-19/h4,7-8,17H,3,5-6,9-16H2,1-2H3,(H,20,23). The first-order chi connectivity index (χ1) is 12.8. The SMILES string of the molecule is CCNC(=NCCN1CCN(c2ncccn2)CC1)N1CCC(C)CC1. The topological polar surface area (TPSA) is 59.9 Å². The Morgan fingerprint density at radius 2 is 1.81 bits per heavy atom. The molecule has 3 rings (SSSR count). The van der Waals surface area contributed by atoms with Crippen molar-refractivity contribution in [2.75, 3.05) is 63.8 Å². The summed E-state index contributed by atoms with van der Waals surface area (Å²) < 4.78 is 0. The van der Waals surface area contributed by atoms with Crippen molar-refractivity contribution in [3.63, 3.8) is 0 Å². The van der Waals surface area contributed by atoms with Gasteiger partial charge in [0, 0.05) is 64.8 Å². The number of likely N-dealkylation sites (tertiary alicyclic amines) is 1. The number of hydrogen-bond acceptors (Lipinski definition) is 5. The predicted molar refractivity (Wildman–Crippen MR) is 107 cm³/mol. The van der Waals surface area contributed by atoms with Crippen LogP contribution in [0.15, 0.2) is 23.5 Å². The Hall–Kier alpha value is -1.89.